The fourth-order valence-electron chi connectivity index (χ4n) is 4.99. The minimum atomic E-state index is -1.74. The van der Waals surface area contributed by atoms with Crippen LogP contribution in [0.4, 0.5) is 28.9 Å². The first-order valence-corrected chi connectivity index (χ1v) is 16.6. The maximum atomic E-state index is 14.4. The zero-order chi connectivity index (χ0) is 38.1. The summed E-state index contributed by atoms with van der Waals surface area (Å²) in [6.45, 7) is 0. The van der Waals surface area contributed by atoms with Gasteiger partial charge in [0.1, 0.15) is 22.4 Å². The second kappa shape index (κ2) is 17.3. The number of halogens is 4. The molecule has 0 radical (unpaired) electrons. The zero-order valence-corrected chi connectivity index (χ0v) is 29.2. The molecule has 14 heteroatoms. The number of methoxy groups -OCH3 is 3. The maximum Gasteiger partial charge on any atom is 0.272 e. The van der Waals surface area contributed by atoms with Crippen LogP contribution >= 0.6 is 11.8 Å². The predicted octanol–water partition coefficient (Wildman–Crippen LogP) is 8.15. The van der Waals surface area contributed by atoms with Crippen molar-refractivity contribution < 1.29 is 46.2 Å². The summed E-state index contributed by atoms with van der Waals surface area (Å²) in [4.78, 5) is 40.7. The molecule has 0 aromatic heterocycles. The third-order valence-electron chi connectivity index (χ3n) is 7.63. The van der Waals surface area contributed by atoms with Crippen LogP contribution in [-0.2, 0) is 9.59 Å². The van der Waals surface area contributed by atoms with E-state index in [1.54, 1.807) is 84.9 Å². The number of ether oxygens (including phenoxy) is 3. The average Bonchev–Trinajstić information content (AvgIpc) is 3.18. The first-order chi connectivity index (χ1) is 25.5. The van der Waals surface area contributed by atoms with E-state index in [0.717, 1.165) is 11.8 Å². The van der Waals surface area contributed by atoms with E-state index in [9.17, 15) is 31.9 Å². The van der Waals surface area contributed by atoms with Crippen molar-refractivity contribution in [1.29, 1.82) is 0 Å². The van der Waals surface area contributed by atoms with Gasteiger partial charge in [-0.3, -0.25) is 14.4 Å². The Hall–Kier alpha value is -6.28. The molecule has 0 saturated carbocycles. The topological polar surface area (TPSA) is 115 Å². The number of carbonyl (C=O) groups excluding carboxylic acids is 3. The van der Waals surface area contributed by atoms with Crippen molar-refractivity contribution in [3.05, 3.63) is 149 Å². The van der Waals surface area contributed by atoms with Crippen LogP contribution in [0.25, 0.3) is 6.08 Å². The normalized spacial score (nSPS) is 11.6. The summed E-state index contributed by atoms with van der Waals surface area (Å²) < 4.78 is 72.8. The van der Waals surface area contributed by atoms with Crippen LogP contribution in [0, 0.1) is 23.3 Å². The molecule has 0 aliphatic carbocycles. The van der Waals surface area contributed by atoms with Crippen LogP contribution in [0.15, 0.2) is 114 Å². The molecule has 0 spiro atoms. The number of amides is 3. The third-order valence-corrected chi connectivity index (χ3v) is 8.90. The van der Waals surface area contributed by atoms with Crippen molar-refractivity contribution in [1.82, 2.24) is 5.32 Å². The molecule has 5 aromatic carbocycles. The smallest absolute Gasteiger partial charge is 0.272 e. The number of rotatable bonds is 13. The van der Waals surface area contributed by atoms with Gasteiger partial charge in [-0.15, -0.1) is 11.8 Å². The number of hydrogen-bond acceptors (Lipinski definition) is 7. The lowest BCUT2D eigenvalue weighted by molar-refractivity contribution is -0.116. The number of anilines is 2. The molecule has 0 aliphatic rings. The summed E-state index contributed by atoms with van der Waals surface area (Å²) in [5.41, 5.74) is 0.0364. The number of carbonyl (C=O) groups is 3. The van der Waals surface area contributed by atoms with E-state index < -0.39 is 51.9 Å². The molecule has 9 nitrogen and oxygen atoms in total. The molecule has 0 aliphatic heterocycles. The molecule has 0 fully saturated rings. The molecule has 0 heterocycles. The Morgan fingerprint density at radius 3 is 1.83 bits per heavy atom. The first-order valence-electron chi connectivity index (χ1n) is 15.7. The highest BCUT2D eigenvalue weighted by Crippen LogP contribution is 2.38. The van der Waals surface area contributed by atoms with Crippen molar-refractivity contribution in [3.8, 4) is 17.2 Å². The van der Waals surface area contributed by atoms with Crippen LogP contribution in [-0.4, -0.2) is 39.1 Å². The highest BCUT2D eigenvalue weighted by molar-refractivity contribution is 8.00. The third kappa shape index (κ3) is 9.15. The molecular weight excluding hydrogens is 715 g/mol. The van der Waals surface area contributed by atoms with Crippen molar-refractivity contribution >= 4 is 46.9 Å². The van der Waals surface area contributed by atoms with Crippen LogP contribution in [0.3, 0.4) is 0 Å². The van der Waals surface area contributed by atoms with Gasteiger partial charge >= 0.3 is 0 Å². The number of nitrogens with one attached hydrogen (secondary N) is 3. The molecular formula is C39H31F4N3O6S. The lowest BCUT2D eigenvalue weighted by Gasteiger charge is -2.18. The van der Waals surface area contributed by atoms with Gasteiger partial charge in [-0.25, -0.2) is 17.6 Å². The number of thioether (sulfide) groups is 1. The Kier molecular flexibility index (Phi) is 12.4. The molecule has 0 bridgehead atoms. The molecule has 3 amide bonds. The van der Waals surface area contributed by atoms with E-state index in [4.69, 9.17) is 14.2 Å². The molecule has 0 saturated heterocycles. The van der Waals surface area contributed by atoms with E-state index in [1.807, 2.05) is 5.32 Å². The van der Waals surface area contributed by atoms with Gasteiger partial charge in [0, 0.05) is 33.8 Å². The molecule has 1 atom stereocenters. The SMILES string of the molecule is COc1cc(OC)c(OC)cc1/C=C(\NC(=O)c1ccccc1)C(=O)Nc1ccc(SC(C(=O)Nc2c(F)c(F)cc(F)c2F)c2ccccc2)cc1. The highest BCUT2D eigenvalue weighted by Gasteiger charge is 2.27. The van der Waals surface area contributed by atoms with Gasteiger partial charge in [0.05, 0.1) is 21.3 Å². The van der Waals surface area contributed by atoms with Gasteiger partial charge in [-0.05, 0) is 54.1 Å². The van der Waals surface area contributed by atoms with Gasteiger partial charge in [0.15, 0.2) is 34.8 Å². The summed E-state index contributed by atoms with van der Waals surface area (Å²) in [6, 6.07) is 25.9. The van der Waals surface area contributed by atoms with E-state index >= 15 is 0 Å². The van der Waals surface area contributed by atoms with E-state index in [2.05, 4.69) is 10.6 Å². The number of benzene rings is 5. The lowest BCUT2D eigenvalue weighted by Crippen LogP contribution is -2.30. The zero-order valence-electron chi connectivity index (χ0n) is 28.3. The van der Waals surface area contributed by atoms with Crippen molar-refractivity contribution in [2.75, 3.05) is 32.0 Å². The van der Waals surface area contributed by atoms with Crippen LogP contribution < -0.4 is 30.2 Å². The Labute approximate surface area is 306 Å². The lowest BCUT2D eigenvalue weighted by atomic mass is 10.1. The van der Waals surface area contributed by atoms with Crippen LogP contribution in [0.1, 0.15) is 26.7 Å². The van der Waals surface area contributed by atoms with E-state index in [0.29, 0.717) is 44.5 Å². The van der Waals surface area contributed by atoms with Crippen LogP contribution in [0.5, 0.6) is 17.2 Å². The summed E-state index contributed by atoms with van der Waals surface area (Å²) in [5, 5.41) is 6.25. The molecule has 272 valence electrons. The summed E-state index contributed by atoms with van der Waals surface area (Å²) in [7, 11) is 4.35. The minimum absolute atomic E-state index is 0.0487. The fraction of sp³-hybridized carbons (Fsp3) is 0.103. The van der Waals surface area contributed by atoms with Gasteiger partial charge in [-0.2, -0.15) is 0 Å². The predicted molar refractivity (Wildman–Crippen MR) is 193 cm³/mol. The molecule has 5 rings (SSSR count). The van der Waals surface area contributed by atoms with Gasteiger partial charge < -0.3 is 30.2 Å². The largest absolute Gasteiger partial charge is 0.496 e. The van der Waals surface area contributed by atoms with Crippen molar-refractivity contribution in [3.63, 3.8) is 0 Å². The van der Waals surface area contributed by atoms with E-state index in [-0.39, 0.29) is 11.8 Å². The van der Waals surface area contributed by atoms with Gasteiger partial charge in [0.2, 0.25) is 5.91 Å². The minimum Gasteiger partial charge on any atom is -0.496 e. The Balaban J connectivity index is 1.41. The second-order valence-electron chi connectivity index (χ2n) is 11.0. The van der Waals surface area contributed by atoms with Gasteiger partial charge in [-0.1, -0.05) is 48.5 Å². The van der Waals surface area contributed by atoms with Crippen LogP contribution in [0.2, 0.25) is 0 Å². The van der Waals surface area contributed by atoms with Crippen molar-refractivity contribution in [2.45, 2.75) is 10.1 Å². The fourth-order valence-corrected chi connectivity index (χ4v) is 6.01. The van der Waals surface area contributed by atoms with Gasteiger partial charge in [0.25, 0.3) is 11.8 Å². The number of hydrogen-bond donors (Lipinski definition) is 3. The monoisotopic (exact) mass is 745 g/mol. The molecule has 5 aromatic rings. The Bertz CT molecular complexity index is 2130. The molecule has 3 N–H and O–H groups in total. The Morgan fingerprint density at radius 1 is 0.679 bits per heavy atom. The summed E-state index contributed by atoms with van der Waals surface area (Å²) in [6.07, 6.45) is 1.42. The molecule has 53 heavy (non-hydrogen) atoms. The Morgan fingerprint density at radius 2 is 1.25 bits per heavy atom. The maximum absolute atomic E-state index is 14.4. The first kappa shape index (κ1) is 38.0. The average molecular weight is 746 g/mol. The van der Waals surface area contributed by atoms with Crippen molar-refractivity contribution in [2.24, 2.45) is 0 Å². The van der Waals surface area contributed by atoms with E-state index in [1.165, 1.54) is 39.5 Å². The quantitative estimate of drug-likeness (QED) is 0.0483. The summed E-state index contributed by atoms with van der Waals surface area (Å²) >= 11 is 0.980. The summed E-state index contributed by atoms with van der Waals surface area (Å²) in [5.74, 6) is -7.95. The highest BCUT2D eigenvalue weighted by atomic mass is 32.2. The standard InChI is InChI=1S/C39H31F4N3O6S/c1-50-30-21-32(52-3)31(51-2)19-24(30)18-29(45-37(47)23-12-8-5-9-13-23)38(48)44-25-14-16-26(17-15-25)53-36(22-10-6-4-7-11-22)39(49)46-35-33(42)27(40)20-28(41)34(35)43/h4-21,36H,1-3H3,(H,44,48)(H,45,47)(H,46,49)/b29-18-. The second-order valence-corrected chi connectivity index (χ2v) is 12.2. The molecule has 1 unspecified atom stereocenters.